The predicted molar refractivity (Wildman–Crippen MR) is 66.8 cm³/mol. The molecule has 0 atom stereocenters. The molecule has 0 aliphatic carbocycles. The third-order valence-corrected chi connectivity index (χ3v) is 3.47. The Balaban J connectivity index is 2.34. The Labute approximate surface area is 105 Å². The van der Waals surface area contributed by atoms with Crippen molar-refractivity contribution in [3.05, 3.63) is 33.7 Å². The van der Waals surface area contributed by atoms with E-state index < -0.39 is 0 Å². The summed E-state index contributed by atoms with van der Waals surface area (Å²) in [6.07, 6.45) is 0. The van der Waals surface area contributed by atoms with Crippen LogP contribution in [0, 0.1) is 11.3 Å². The lowest BCUT2D eigenvalue weighted by Crippen LogP contribution is -2.09. The largest absolute Gasteiger partial charge is 0.319 e. The molecule has 1 heterocycles. The number of halogens is 1. The van der Waals surface area contributed by atoms with Crippen molar-refractivity contribution in [2.75, 3.05) is 11.9 Å². The SMILES string of the molecule is CN(c1cccc(C#N)c1)c1nnc(Br)s1. The standard InChI is InChI=1S/C10H7BrN4S/c1-15(10-14-13-9(11)16-10)8-4-2-3-7(5-8)6-12/h2-5H,1H3. The third-order valence-electron chi connectivity index (χ3n) is 2.04. The highest BCUT2D eigenvalue weighted by molar-refractivity contribution is 9.11. The van der Waals surface area contributed by atoms with Crippen molar-refractivity contribution in [3.63, 3.8) is 0 Å². The van der Waals surface area contributed by atoms with E-state index in [0.29, 0.717) is 5.56 Å². The van der Waals surface area contributed by atoms with Crippen LogP contribution in [0.4, 0.5) is 10.8 Å². The summed E-state index contributed by atoms with van der Waals surface area (Å²) in [6, 6.07) is 9.47. The fourth-order valence-corrected chi connectivity index (χ4v) is 2.30. The monoisotopic (exact) mass is 294 g/mol. The van der Waals surface area contributed by atoms with Gasteiger partial charge in [0.2, 0.25) is 5.13 Å². The molecule has 0 aliphatic heterocycles. The molecule has 0 aliphatic rings. The fraction of sp³-hybridized carbons (Fsp3) is 0.100. The predicted octanol–water partition coefficient (Wildman–Crippen LogP) is 2.94. The Morgan fingerprint density at radius 2 is 2.25 bits per heavy atom. The second-order valence-electron chi connectivity index (χ2n) is 3.06. The summed E-state index contributed by atoms with van der Waals surface area (Å²) in [5, 5.41) is 17.5. The first-order valence-corrected chi connectivity index (χ1v) is 6.04. The van der Waals surface area contributed by atoms with Crippen LogP contribution in [0.2, 0.25) is 0 Å². The van der Waals surface area contributed by atoms with Gasteiger partial charge in [0.1, 0.15) is 0 Å². The normalized spacial score (nSPS) is 9.81. The van der Waals surface area contributed by atoms with Crippen LogP contribution in [0.5, 0.6) is 0 Å². The maximum Gasteiger partial charge on any atom is 0.213 e. The van der Waals surface area contributed by atoms with Crippen LogP contribution >= 0.6 is 27.3 Å². The van der Waals surface area contributed by atoms with E-state index in [2.05, 4.69) is 32.2 Å². The smallest absolute Gasteiger partial charge is 0.213 e. The average molecular weight is 295 g/mol. The lowest BCUT2D eigenvalue weighted by molar-refractivity contribution is 1.03. The first-order valence-electron chi connectivity index (χ1n) is 4.43. The van der Waals surface area contributed by atoms with E-state index in [9.17, 15) is 0 Å². The zero-order valence-electron chi connectivity index (χ0n) is 8.38. The van der Waals surface area contributed by atoms with Gasteiger partial charge in [0, 0.05) is 12.7 Å². The van der Waals surface area contributed by atoms with Gasteiger partial charge in [0.25, 0.3) is 0 Å². The maximum absolute atomic E-state index is 8.82. The molecule has 1 aromatic carbocycles. The Bertz CT molecular complexity index is 546. The molecule has 0 fully saturated rings. The highest BCUT2D eigenvalue weighted by atomic mass is 79.9. The van der Waals surface area contributed by atoms with Gasteiger partial charge in [-0.2, -0.15) is 5.26 Å². The van der Waals surface area contributed by atoms with Gasteiger partial charge in [0.15, 0.2) is 3.92 Å². The molecule has 4 nitrogen and oxygen atoms in total. The molecule has 2 aromatic rings. The van der Waals surface area contributed by atoms with Crippen LogP contribution in [-0.4, -0.2) is 17.2 Å². The number of aromatic nitrogens is 2. The number of nitrogens with zero attached hydrogens (tertiary/aromatic N) is 4. The van der Waals surface area contributed by atoms with Gasteiger partial charge in [-0.3, -0.25) is 0 Å². The van der Waals surface area contributed by atoms with Crippen LogP contribution in [0.1, 0.15) is 5.56 Å². The van der Waals surface area contributed by atoms with Crippen LogP contribution in [0.25, 0.3) is 0 Å². The van der Waals surface area contributed by atoms with E-state index in [1.54, 1.807) is 6.07 Å². The molecule has 0 bridgehead atoms. The summed E-state index contributed by atoms with van der Waals surface area (Å²) >= 11 is 4.71. The molecule has 80 valence electrons. The molecule has 0 unspecified atom stereocenters. The fourth-order valence-electron chi connectivity index (χ4n) is 1.23. The molecular weight excluding hydrogens is 288 g/mol. The van der Waals surface area contributed by atoms with Gasteiger partial charge in [0.05, 0.1) is 11.6 Å². The molecule has 16 heavy (non-hydrogen) atoms. The van der Waals surface area contributed by atoms with Crippen LogP contribution in [0.15, 0.2) is 28.2 Å². The third kappa shape index (κ3) is 2.21. The molecule has 0 N–H and O–H groups in total. The zero-order valence-corrected chi connectivity index (χ0v) is 10.8. The van der Waals surface area contributed by atoms with Crippen molar-refractivity contribution >= 4 is 38.1 Å². The van der Waals surface area contributed by atoms with Crippen molar-refractivity contribution in [3.8, 4) is 6.07 Å². The Morgan fingerprint density at radius 3 is 2.88 bits per heavy atom. The van der Waals surface area contributed by atoms with Gasteiger partial charge in [-0.25, -0.2) is 0 Å². The van der Waals surface area contributed by atoms with Crippen LogP contribution < -0.4 is 4.90 Å². The van der Waals surface area contributed by atoms with Gasteiger partial charge in [-0.05, 0) is 34.1 Å². The Kier molecular flexibility index (Phi) is 3.17. The lowest BCUT2D eigenvalue weighted by atomic mass is 10.2. The molecule has 2 rings (SSSR count). The molecule has 0 spiro atoms. The minimum absolute atomic E-state index is 0.632. The summed E-state index contributed by atoms with van der Waals surface area (Å²) in [4.78, 5) is 1.89. The lowest BCUT2D eigenvalue weighted by Gasteiger charge is -2.14. The Morgan fingerprint density at radius 1 is 1.44 bits per heavy atom. The van der Waals surface area contributed by atoms with E-state index in [4.69, 9.17) is 5.26 Å². The van der Waals surface area contributed by atoms with Gasteiger partial charge < -0.3 is 4.90 Å². The second kappa shape index (κ2) is 4.60. The average Bonchev–Trinajstić information content (AvgIpc) is 2.75. The molecule has 0 saturated heterocycles. The van der Waals surface area contributed by atoms with Crippen molar-refractivity contribution in [2.45, 2.75) is 0 Å². The molecule has 6 heteroatoms. The molecule has 0 saturated carbocycles. The minimum atomic E-state index is 0.632. The quantitative estimate of drug-likeness (QED) is 0.854. The molecule has 0 amide bonds. The highest BCUT2D eigenvalue weighted by Gasteiger charge is 2.09. The topological polar surface area (TPSA) is 52.8 Å². The first kappa shape index (κ1) is 11.0. The molecular formula is C10H7BrN4S. The summed E-state index contributed by atoms with van der Waals surface area (Å²) in [6.45, 7) is 0. The first-order chi connectivity index (χ1) is 7.70. The maximum atomic E-state index is 8.82. The second-order valence-corrected chi connectivity index (χ2v) is 5.29. The number of benzene rings is 1. The van der Waals surface area contributed by atoms with Crippen LogP contribution in [0.3, 0.4) is 0 Å². The number of hydrogen-bond donors (Lipinski definition) is 0. The molecule has 0 radical (unpaired) electrons. The van der Waals surface area contributed by atoms with Gasteiger partial charge >= 0.3 is 0 Å². The minimum Gasteiger partial charge on any atom is -0.319 e. The van der Waals surface area contributed by atoms with Crippen LogP contribution in [-0.2, 0) is 0 Å². The number of hydrogen-bond acceptors (Lipinski definition) is 5. The van der Waals surface area contributed by atoms with E-state index in [-0.39, 0.29) is 0 Å². The van der Waals surface area contributed by atoms with Crippen molar-refractivity contribution in [1.29, 1.82) is 5.26 Å². The summed E-state index contributed by atoms with van der Waals surface area (Å²) in [5.41, 5.74) is 1.55. The van der Waals surface area contributed by atoms with Crippen molar-refractivity contribution < 1.29 is 0 Å². The van der Waals surface area contributed by atoms with E-state index in [0.717, 1.165) is 14.7 Å². The summed E-state index contributed by atoms with van der Waals surface area (Å²) in [7, 11) is 1.89. The van der Waals surface area contributed by atoms with Crippen molar-refractivity contribution in [2.24, 2.45) is 0 Å². The Hall–Kier alpha value is -1.45. The molecule has 1 aromatic heterocycles. The zero-order chi connectivity index (χ0) is 11.5. The van der Waals surface area contributed by atoms with E-state index in [1.807, 2.05) is 30.1 Å². The summed E-state index contributed by atoms with van der Waals surface area (Å²) < 4.78 is 0.741. The van der Waals surface area contributed by atoms with E-state index >= 15 is 0 Å². The van der Waals surface area contributed by atoms with Crippen molar-refractivity contribution in [1.82, 2.24) is 10.2 Å². The number of nitriles is 1. The van der Waals surface area contributed by atoms with E-state index in [1.165, 1.54) is 11.3 Å². The highest BCUT2D eigenvalue weighted by Crippen LogP contribution is 2.29. The number of rotatable bonds is 2. The van der Waals surface area contributed by atoms with Gasteiger partial charge in [-0.1, -0.05) is 17.4 Å². The summed E-state index contributed by atoms with van der Waals surface area (Å²) in [5.74, 6) is 0. The van der Waals surface area contributed by atoms with Gasteiger partial charge in [-0.15, -0.1) is 10.2 Å². The number of anilines is 2.